The third kappa shape index (κ3) is 3.79. The van der Waals surface area contributed by atoms with E-state index in [-0.39, 0.29) is 19.0 Å². The second-order valence-corrected chi connectivity index (χ2v) is 8.99. The number of benzene rings is 2. The zero-order valence-electron chi connectivity index (χ0n) is 16.3. The molecule has 0 spiro atoms. The van der Waals surface area contributed by atoms with E-state index in [1.165, 1.54) is 4.31 Å². The molecule has 3 rings (SSSR count). The number of sulfonamides is 1. The molecule has 0 radical (unpaired) electrons. The molecule has 2 aromatic rings. The molecule has 1 aliphatic heterocycles. The lowest BCUT2D eigenvalue weighted by Gasteiger charge is -2.34. The zero-order valence-corrected chi connectivity index (χ0v) is 17.1. The first-order chi connectivity index (χ1) is 13.2. The number of hydrogen-bond donors (Lipinski definition) is 0. The number of aryl methyl sites for hydroxylation is 3. The number of carbonyl (C=O) groups is 1. The van der Waals surface area contributed by atoms with Crippen molar-refractivity contribution in [2.24, 2.45) is 0 Å². The molecule has 2 aromatic carbocycles. The van der Waals surface area contributed by atoms with E-state index in [4.69, 9.17) is 5.26 Å². The van der Waals surface area contributed by atoms with Crippen LogP contribution < -0.4 is 0 Å². The maximum Gasteiger partial charge on any atom is 0.253 e. The van der Waals surface area contributed by atoms with Gasteiger partial charge in [0.1, 0.15) is 0 Å². The fourth-order valence-corrected chi connectivity index (χ4v) is 5.54. The van der Waals surface area contributed by atoms with Crippen molar-refractivity contribution in [3.05, 3.63) is 64.2 Å². The Kier molecular flexibility index (Phi) is 5.54. The largest absolute Gasteiger partial charge is 0.336 e. The Morgan fingerprint density at radius 3 is 2.00 bits per heavy atom. The molecular formula is C21H23N3O3S. The summed E-state index contributed by atoms with van der Waals surface area (Å²) in [6, 6.07) is 12.3. The Labute approximate surface area is 166 Å². The first-order valence-electron chi connectivity index (χ1n) is 9.11. The van der Waals surface area contributed by atoms with Gasteiger partial charge in [-0.15, -0.1) is 0 Å². The van der Waals surface area contributed by atoms with Crippen LogP contribution in [-0.4, -0.2) is 49.7 Å². The van der Waals surface area contributed by atoms with Crippen molar-refractivity contribution in [3.63, 3.8) is 0 Å². The highest BCUT2D eigenvalue weighted by Gasteiger charge is 2.32. The molecule has 1 aliphatic rings. The molecule has 28 heavy (non-hydrogen) atoms. The Morgan fingerprint density at radius 1 is 0.964 bits per heavy atom. The Hall–Kier alpha value is -2.69. The van der Waals surface area contributed by atoms with Gasteiger partial charge in [0.05, 0.1) is 16.5 Å². The second-order valence-electron chi connectivity index (χ2n) is 7.11. The van der Waals surface area contributed by atoms with Crippen molar-refractivity contribution in [1.29, 1.82) is 5.26 Å². The number of nitrogens with zero attached hydrogens (tertiary/aromatic N) is 3. The van der Waals surface area contributed by atoms with Gasteiger partial charge in [-0.05, 0) is 56.2 Å². The SMILES string of the molecule is Cc1cc(C)c(S(=O)(=O)N2CCN(C(=O)c3ccc(C#N)cc3)CC2)c(C)c1. The van der Waals surface area contributed by atoms with E-state index in [2.05, 4.69) is 0 Å². The average Bonchev–Trinajstić information content (AvgIpc) is 2.66. The summed E-state index contributed by atoms with van der Waals surface area (Å²) in [5.74, 6) is -0.149. The number of carbonyl (C=O) groups excluding carboxylic acids is 1. The topological polar surface area (TPSA) is 81.5 Å². The van der Waals surface area contributed by atoms with Crippen LogP contribution in [0.5, 0.6) is 0 Å². The minimum Gasteiger partial charge on any atom is -0.336 e. The monoisotopic (exact) mass is 397 g/mol. The summed E-state index contributed by atoms with van der Waals surface area (Å²) < 4.78 is 27.8. The van der Waals surface area contributed by atoms with E-state index in [9.17, 15) is 13.2 Å². The highest BCUT2D eigenvalue weighted by Crippen LogP contribution is 2.26. The van der Waals surface area contributed by atoms with E-state index in [1.54, 1.807) is 29.2 Å². The van der Waals surface area contributed by atoms with E-state index in [0.717, 1.165) is 16.7 Å². The maximum atomic E-state index is 13.1. The quantitative estimate of drug-likeness (QED) is 0.797. The minimum atomic E-state index is -3.60. The van der Waals surface area contributed by atoms with Gasteiger partial charge in [0.25, 0.3) is 5.91 Å². The molecule has 0 atom stereocenters. The summed E-state index contributed by atoms with van der Waals surface area (Å²) in [5.41, 5.74) is 3.52. The molecular weight excluding hydrogens is 374 g/mol. The number of nitriles is 1. The van der Waals surface area contributed by atoms with Gasteiger partial charge in [0, 0.05) is 31.7 Å². The highest BCUT2D eigenvalue weighted by atomic mass is 32.2. The molecule has 0 aliphatic carbocycles. The van der Waals surface area contributed by atoms with Crippen LogP contribution in [-0.2, 0) is 10.0 Å². The zero-order chi connectivity index (χ0) is 20.5. The van der Waals surface area contributed by atoms with Crippen LogP contribution in [0.2, 0.25) is 0 Å². The maximum absolute atomic E-state index is 13.1. The fraction of sp³-hybridized carbons (Fsp3) is 0.333. The molecule has 1 heterocycles. The molecule has 7 heteroatoms. The van der Waals surface area contributed by atoms with Gasteiger partial charge in [0.2, 0.25) is 10.0 Å². The van der Waals surface area contributed by atoms with Crippen molar-refractivity contribution < 1.29 is 13.2 Å². The van der Waals surface area contributed by atoms with E-state index in [1.807, 2.05) is 39.0 Å². The van der Waals surface area contributed by atoms with Crippen molar-refractivity contribution in [2.75, 3.05) is 26.2 Å². The number of piperazine rings is 1. The predicted molar refractivity (Wildman–Crippen MR) is 106 cm³/mol. The summed E-state index contributed by atoms with van der Waals surface area (Å²) in [6.07, 6.45) is 0. The van der Waals surface area contributed by atoms with Gasteiger partial charge in [-0.2, -0.15) is 9.57 Å². The average molecular weight is 398 g/mol. The number of rotatable bonds is 3. The van der Waals surface area contributed by atoms with Crippen LogP contribution in [0.15, 0.2) is 41.3 Å². The number of hydrogen-bond acceptors (Lipinski definition) is 4. The van der Waals surface area contributed by atoms with Gasteiger partial charge >= 0.3 is 0 Å². The van der Waals surface area contributed by atoms with Gasteiger partial charge in [-0.3, -0.25) is 4.79 Å². The Balaban J connectivity index is 1.74. The number of amides is 1. The molecule has 0 aromatic heterocycles. The van der Waals surface area contributed by atoms with E-state index in [0.29, 0.717) is 29.1 Å². The normalized spacial score (nSPS) is 15.3. The van der Waals surface area contributed by atoms with Crippen LogP contribution in [0.4, 0.5) is 0 Å². The molecule has 1 fully saturated rings. The molecule has 0 bridgehead atoms. The third-order valence-corrected chi connectivity index (χ3v) is 7.19. The van der Waals surface area contributed by atoms with Crippen molar-refractivity contribution in [2.45, 2.75) is 25.7 Å². The minimum absolute atomic E-state index is 0.149. The summed E-state index contributed by atoms with van der Waals surface area (Å²) in [7, 11) is -3.60. The Bertz CT molecular complexity index is 1020. The van der Waals surface area contributed by atoms with E-state index < -0.39 is 10.0 Å². The first-order valence-corrected chi connectivity index (χ1v) is 10.6. The molecule has 6 nitrogen and oxygen atoms in total. The van der Waals surface area contributed by atoms with Crippen LogP contribution in [0, 0.1) is 32.1 Å². The molecule has 146 valence electrons. The molecule has 0 N–H and O–H groups in total. The lowest BCUT2D eigenvalue weighted by molar-refractivity contribution is 0.0698. The van der Waals surface area contributed by atoms with E-state index >= 15 is 0 Å². The highest BCUT2D eigenvalue weighted by molar-refractivity contribution is 7.89. The molecule has 0 unspecified atom stereocenters. The smallest absolute Gasteiger partial charge is 0.253 e. The first kappa shape index (κ1) is 20.1. The molecule has 1 saturated heterocycles. The van der Waals surface area contributed by atoms with Crippen molar-refractivity contribution in [3.8, 4) is 6.07 Å². The van der Waals surface area contributed by atoms with Gasteiger partial charge in [-0.25, -0.2) is 8.42 Å². The summed E-state index contributed by atoms with van der Waals surface area (Å²) >= 11 is 0. The molecule has 1 amide bonds. The van der Waals surface area contributed by atoms with Crippen molar-refractivity contribution >= 4 is 15.9 Å². The van der Waals surface area contributed by atoms with Crippen LogP contribution in [0.25, 0.3) is 0 Å². The molecule has 0 saturated carbocycles. The van der Waals surface area contributed by atoms with Crippen molar-refractivity contribution in [1.82, 2.24) is 9.21 Å². The standard InChI is InChI=1S/C21H23N3O3S/c1-15-12-16(2)20(17(3)13-15)28(26,27)24-10-8-23(9-11-24)21(25)19-6-4-18(14-22)5-7-19/h4-7,12-13H,8-11H2,1-3H3. The fourth-order valence-electron chi connectivity index (χ4n) is 3.70. The lowest BCUT2D eigenvalue weighted by atomic mass is 10.1. The summed E-state index contributed by atoms with van der Waals surface area (Å²) in [6.45, 7) is 6.78. The summed E-state index contributed by atoms with van der Waals surface area (Å²) in [5, 5.41) is 8.86. The predicted octanol–water partition coefficient (Wildman–Crippen LogP) is 2.63. The Morgan fingerprint density at radius 2 is 1.50 bits per heavy atom. The summed E-state index contributed by atoms with van der Waals surface area (Å²) in [4.78, 5) is 14.7. The van der Waals surface area contributed by atoms with Crippen LogP contribution >= 0.6 is 0 Å². The van der Waals surface area contributed by atoms with Gasteiger partial charge in [-0.1, -0.05) is 17.7 Å². The van der Waals surface area contributed by atoms with Gasteiger partial charge < -0.3 is 4.90 Å². The second kappa shape index (κ2) is 7.74. The van der Waals surface area contributed by atoms with Crippen LogP contribution in [0.3, 0.4) is 0 Å². The van der Waals surface area contributed by atoms with Gasteiger partial charge in [0.15, 0.2) is 0 Å². The van der Waals surface area contributed by atoms with Crippen LogP contribution in [0.1, 0.15) is 32.6 Å². The third-order valence-electron chi connectivity index (χ3n) is 4.99. The lowest BCUT2D eigenvalue weighted by Crippen LogP contribution is -2.50.